The van der Waals surface area contributed by atoms with Crippen LogP contribution in [-0.2, 0) is 16.4 Å². The Morgan fingerprint density at radius 3 is 1.86 bits per heavy atom. The van der Waals surface area contributed by atoms with E-state index in [0.29, 0.717) is 0 Å². The van der Waals surface area contributed by atoms with Crippen molar-refractivity contribution in [1.29, 1.82) is 0 Å². The summed E-state index contributed by atoms with van der Waals surface area (Å²) < 4.78 is 19.6. The van der Waals surface area contributed by atoms with E-state index in [0.717, 1.165) is 0 Å². The van der Waals surface area contributed by atoms with Crippen molar-refractivity contribution in [3.63, 3.8) is 0 Å². The summed E-state index contributed by atoms with van der Waals surface area (Å²) >= 11 is -3.80. The first-order valence-electron chi connectivity index (χ1n) is 1.91. The molecule has 1 aliphatic rings. The molecule has 0 aromatic rings. The van der Waals surface area contributed by atoms with Crippen molar-refractivity contribution in [1.82, 2.24) is 0 Å². The van der Waals surface area contributed by atoms with Gasteiger partial charge in [0.15, 0.2) is 0 Å². The van der Waals surface area contributed by atoms with Crippen LogP contribution in [0.4, 0.5) is 0 Å². The van der Waals surface area contributed by atoms with Gasteiger partial charge in [0.05, 0.1) is 0 Å². The molecule has 0 aromatic heterocycles. The molecule has 0 aliphatic carbocycles. The summed E-state index contributed by atoms with van der Waals surface area (Å²) in [5, 5.41) is 0. The Balaban J connectivity index is 2.43. The normalized spacial score (nSPS) is 29.4. The van der Waals surface area contributed by atoms with E-state index in [1.54, 1.807) is 0 Å². The number of hydrogen-bond acceptors (Lipinski definition) is 3. The van der Waals surface area contributed by atoms with E-state index in [4.69, 9.17) is 5.04 Å². The summed E-state index contributed by atoms with van der Waals surface area (Å²) in [5.74, 6) is 0. The van der Waals surface area contributed by atoms with Gasteiger partial charge in [-0.15, -0.1) is 0 Å². The van der Waals surface area contributed by atoms with Crippen molar-refractivity contribution in [2.45, 2.75) is 9.88 Å². The van der Waals surface area contributed by atoms with Gasteiger partial charge in [-0.2, -0.15) is 0 Å². The topological polar surface area (TPSA) is 35.5 Å². The molecule has 3 nitrogen and oxygen atoms in total. The first kappa shape index (κ1) is 6.00. The van der Waals surface area contributed by atoms with Crippen LogP contribution in [0.5, 0.6) is 0 Å². The van der Waals surface area contributed by atoms with E-state index in [1.807, 2.05) is 9.88 Å². The first-order valence-corrected chi connectivity index (χ1v) is 10.9. The standard InChI is InChI=1S/2CH3.H2O3S.Sn/c;;1-4(2)3;/h2*1H3;(H2,1,2,3);/q;;;+2/p-2. The zero-order valence-electron chi connectivity index (χ0n) is 4.13. The van der Waals surface area contributed by atoms with Gasteiger partial charge in [-0.1, -0.05) is 0 Å². The maximum absolute atomic E-state index is 10.0. The van der Waals surface area contributed by atoms with Crippen LogP contribution in [0.25, 0.3) is 0 Å². The Kier molecular flexibility index (Phi) is 1.44. The molecule has 0 saturated carbocycles. The van der Waals surface area contributed by atoms with E-state index in [9.17, 15) is 4.21 Å². The van der Waals surface area contributed by atoms with E-state index in [-0.39, 0.29) is 0 Å². The summed E-state index contributed by atoms with van der Waals surface area (Å²) in [6.45, 7) is 0. The molecule has 0 spiro atoms. The summed E-state index contributed by atoms with van der Waals surface area (Å²) in [6, 6.07) is 0. The zero-order chi connectivity index (χ0) is 5.49. The Bertz CT molecular complexity index is 102. The van der Waals surface area contributed by atoms with Gasteiger partial charge in [0.25, 0.3) is 0 Å². The summed E-state index contributed by atoms with van der Waals surface area (Å²) in [7, 11) is 0. The molecule has 1 rings (SSSR count). The van der Waals surface area contributed by atoms with Crippen molar-refractivity contribution in [3.8, 4) is 0 Å². The van der Waals surface area contributed by atoms with Gasteiger partial charge in [0, 0.05) is 0 Å². The molecule has 0 aromatic carbocycles. The molecule has 0 bridgehead atoms. The Labute approximate surface area is 49.8 Å². The van der Waals surface area contributed by atoms with Crippen LogP contribution in [0.3, 0.4) is 0 Å². The third kappa shape index (κ3) is 1.38. The molecule has 0 amide bonds. The minimum absolute atomic E-state index is 1.37. The van der Waals surface area contributed by atoms with Crippen molar-refractivity contribution < 1.29 is 9.25 Å². The molecule has 1 heterocycles. The van der Waals surface area contributed by atoms with E-state index < -0.39 is 30.6 Å². The quantitative estimate of drug-likeness (QED) is 0.560. The van der Waals surface area contributed by atoms with Gasteiger partial charge in [-0.25, -0.2) is 0 Å². The molecule has 0 radical (unpaired) electrons. The molecule has 0 N–H and O–H groups in total. The molecule has 0 atom stereocenters. The van der Waals surface area contributed by atoms with Crippen LogP contribution >= 0.6 is 0 Å². The van der Waals surface area contributed by atoms with Crippen molar-refractivity contribution in [2.75, 3.05) is 0 Å². The molecule has 1 fully saturated rings. The van der Waals surface area contributed by atoms with Gasteiger partial charge in [0.2, 0.25) is 0 Å². The first-order chi connectivity index (χ1) is 3.10. The van der Waals surface area contributed by atoms with Crippen molar-refractivity contribution in [3.05, 3.63) is 0 Å². The Morgan fingerprint density at radius 1 is 1.43 bits per heavy atom. The fourth-order valence-electron chi connectivity index (χ4n) is 0.334. The van der Waals surface area contributed by atoms with Crippen LogP contribution in [0.15, 0.2) is 0 Å². The molecule has 0 unspecified atom stereocenters. The van der Waals surface area contributed by atoms with Crippen LogP contribution in [-0.4, -0.2) is 23.4 Å². The fraction of sp³-hybridized carbons (Fsp3) is 1.00. The second-order valence-electron chi connectivity index (χ2n) is 1.77. The van der Waals surface area contributed by atoms with E-state index >= 15 is 0 Å². The predicted octanol–water partition coefficient (Wildman–Crippen LogP) is 0.314. The monoisotopic (exact) mass is 230 g/mol. The third-order valence-electron chi connectivity index (χ3n) is 0.537. The average molecular weight is 229 g/mol. The fourth-order valence-corrected chi connectivity index (χ4v) is 6.72. The van der Waals surface area contributed by atoms with Gasteiger partial charge in [-0.05, 0) is 0 Å². The average Bonchev–Trinajstić information content (AvgIpc) is 1.27. The Morgan fingerprint density at radius 2 is 1.86 bits per heavy atom. The van der Waals surface area contributed by atoms with Crippen molar-refractivity contribution >= 4 is 30.6 Å². The van der Waals surface area contributed by atoms with Gasteiger partial charge < -0.3 is 0 Å². The van der Waals surface area contributed by atoms with Gasteiger partial charge in [-0.3, -0.25) is 0 Å². The minimum atomic E-state index is -2.43. The van der Waals surface area contributed by atoms with Gasteiger partial charge >= 0.3 is 49.7 Å². The second kappa shape index (κ2) is 1.68. The molecule has 1 aliphatic heterocycles. The molecular formula is C2H6O3SSn. The molecule has 1 saturated heterocycles. The Hall–Kier alpha value is 0.869. The zero-order valence-corrected chi connectivity index (χ0v) is 7.80. The second-order valence-corrected chi connectivity index (χ2v) is 13.4. The van der Waals surface area contributed by atoms with E-state index in [2.05, 4.69) is 0 Å². The van der Waals surface area contributed by atoms with E-state index in [1.165, 1.54) is 0 Å². The third-order valence-corrected chi connectivity index (χ3v) is 10.8. The predicted molar refractivity (Wildman–Crippen MR) is 27.8 cm³/mol. The van der Waals surface area contributed by atoms with Crippen LogP contribution in [0, 0.1) is 0 Å². The molecule has 7 heavy (non-hydrogen) atoms. The van der Waals surface area contributed by atoms with Gasteiger partial charge in [0.1, 0.15) is 0 Å². The van der Waals surface area contributed by atoms with Crippen LogP contribution in [0.2, 0.25) is 9.88 Å². The maximum atomic E-state index is 10.0. The molecule has 5 heteroatoms. The summed E-state index contributed by atoms with van der Waals surface area (Å²) in [6.07, 6.45) is 0. The molecular weight excluding hydrogens is 223 g/mol. The number of rotatable bonds is 0. The number of hydrogen-bond donors (Lipinski definition) is 0. The molecule has 42 valence electrons. The SMILES string of the molecule is [CH3][Sn]1([CH3])[O]S(=O)[O]1. The van der Waals surface area contributed by atoms with Crippen LogP contribution in [0.1, 0.15) is 0 Å². The van der Waals surface area contributed by atoms with Crippen molar-refractivity contribution in [2.24, 2.45) is 0 Å². The van der Waals surface area contributed by atoms with Crippen LogP contribution < -0.4 is 0 Å². The summed E-state index contributed by atoms with van der Waals surface area (Å²) in [5.41, 5.74) is 0. The summed E-state index contributed by atoms with van der Waals surface area (Å²) in [4.78, 5) is 3.83.